The Balaban J connectivity index is 1.84. The van der Waals surface area contributed by atoms with Gasteiger partial charge in [0.05, 0.1) is 13.2 Å². The maximum Gasteiger partial charge on any atom is 0.320 e. The largest absolute Gasteiger partial charge is 0.480 e. The van der Waals surface area contributed by atoms with Crippen molar-refractivity contribution in [1.82, 2.24) is 0 Å². The van der Waals surface area contributed by atoms with Crippen molar-refractivity contribution >= 4 is 11.7 Å². The Bertz CT molecular complexity index is 526. The first kappa shape index (κ1) is 13.3. The van der Waals surface area contributed by atoms with Crippen LogP contribution in [0.5, 0.6) is 0 Å². The van der Waals surface area contributed by atoms with Crippen LogP contribution in [0.2, 0.25) is 0 Å². The molecule has 1 aliphatic heterocycles. The Morgan fingerprint density at radius 2 is 1.75 bits per heavy atom. The molecule has 4 nitrogen and oxygen atoms in total. The standard InChI is InChI=1S/C14H15F2NO3/c15-14(16)9-13(14,12(18)19)10-1-3-11(4-2-10)17-5-7-20-8-6-17/h1-4H,5-9H2,(H,18,19). The SMILES string of the molecule is O=C(O)C1(c2ccc(N3CCOCC3)cc2)CC1(F)F. The van der Waals surface area contributed by atoms with E-state index in [9.17, 15) is 13.6 Å². The van der Waals surface area contributed by atoms with Gasteiger partial charge in [-0.25, -0.2) is 8.78 Å². The maximum absolute atomic E-state index is 13.4. The molecule has 1 aliphatic carbocycles. The number of benzene rings is 1. The fraction of sp³-hybridized carbons (Fsp3) is 0.500. The van der Waals surface area contributed by atoms with E-state index in [1.165, 1.54) is 12.1 Å². The zero-order valence-corrected chi connectivity index (χ0v) is 10.8. The van der Waals surface area contributed by atoms with Gasteiger partial charge in [-0.05, 0) is 17.7 Å². The van der Waals surface area contributed by atoms with Crippen molar-refractivity contribution < 1.29 is 23.4 Å². The normalized spacial score (nSPS) is 28.2. The number of carboxylic acid groups (broad SMARTS) is 1. The van der Waals surface area contributed by atoms with E-state index < -0.39 is 23.7 Å². The van der Waals surface area contributed by atoms with Crippen molar-refractivity contribution in [2.75, 3.05) is 31.2 Å². The number of hydrogen-bond donors (Lipinski definition) is 1. The number of morpholine rings is 1. The van der Waals surface area contributed by atoms with E-state index >= 15 is 0 Å². The molecule has 1 unspecified atom stereocenters. The van der Waals surface area contributed by atoms with Gasteiger partial charge in [0.25, 0.3) is 5.92 Å². The number of alkyl halides is 2. The molecule has 1 aromatic carbocycles. The van der Waals surface area contributed by atoms with Gasteiger partial charge in [0.15, 0.2) is 5.41 Å². The van der Waals surface area contributed by atoms with Crippen LogP contribution >= 0.6 is 0 Å². The predicted octanol–water partition coefficient (Wildman–Crippen LogP) is 1.88. The van der Waals surface area contributed by atoms with Crippen LogP contribution in [-0.4, -0.2) is 43.3 Å². The third-order valence-electron chi connectivity index (χ3n) is 4.09. The summed E-state index contributed by atoms with van der Waals surface area (Å²) >= 11 is 0. The number of aliphatic carboxylic acids is 1. The van der Waals surface area contributed by atoms with E-state index in [-0.39, 0.29) is 5.56 Å². The van der Waals surface area contributed by atoms with Gasteiger partial charge in [0.2, 0.25) is 0 Å². The number of carboxylic acids is 1. The summed E-state index contributed by atoms with van der Waals surface area (Å²) in [7, 11) is 0. The summed E-state index contributed by atoms with van der Waals surface area (Å²) < 4.78 is 32.1. The smallest absolute Gasteiger partial charge is 0.320 e. The predicted molar refractivity (Wildman–Crippen MR) is 68.4 cm³/mol. The van der Waals surface area contributed by atoms with Crippen molar-refractivity contribution in [3.8, 4) is 0 Å². The maximum atomic E-state index is 13.4. The van der Waals surface area contributed by atoms with Gasteiger partial charge in [0, 0.05) is 25.2 Å². The molecule has 2 fully saturated rings. The molecule has 1 heterocycles. The van der Waals surface area contributed by atoms with E-state index in [1.807, 2.05) is 0 Å². The number of carbonyl (C=O) groups is 1. The third kappa shape index (κ3) is 1.86. The number of anilines is 1. The van der Waals surface area contributed by atoms with E-state index in [0.717, 1.165) is 18.8 Å². The number of rotatable bonds is 3. The summed E-state index contributed by atoms with van der Waals surface area (Å²) in [5.74, 6) is -4.61. The van der Waals surface area contributed by atoms with Gasteiger partial charge in [-0.3, -0.25) is 4.79 Å². The average molecular weight is 283 g/mol. The Labute approximate surface area is 114 Å². The quantitative estimate of drug-likeness (QED) is 0.920. The molecule has 20 heavy (non-hydrogen) atoms. The lowest BCUT2D eigenvalue weighted by Gasteiger charge is -2.29. The van der Waals surface area contributed by atoms with Crippen LogP contribution in [0.15, 0.2) is 24.3 Å². The zero-order valence-electron chi connectivity index (χ0n) is 10.8. The highest BCUT2D eigenvalue weighted by Gasteiger charge is 2.77. The summed E-state index contributed by atoms with van der Waals surface area (Å²) in [6, 6.07) is 6.42. The van der Waals surface area contributed by atoms with Crippen LogP contribution in [0.1, 0.15) is 12.0 Å². The number of nitrogens with zero attached hydrogens (tertiary/aromatic N) is 1. The Morgan fingerprint density at radius 3 is 2.20 bits per heavy atom. The molecular weight excluding hydrogens is 268 g/mol. The summed E-state index contributed by atoms with van der Waals surface area (Å²) in [6.07, 6.45) is -0.619. The van der Waals surface area contributed by atoms with E-state index in [2.05, 4.69) is 4.90 Å². The van der Waals surface area contributed by atoms with Gasteiger partial charge in [0.1, 0.15) is 0 Å². The molecule has 0 aromatic heterocycles. The summed E-state index contributed by atoms with van der Waals surface area (Å²) in [4.78, 5) is 13.3. The molecule has 0 radical (unpaired) electrons. The molecule has 3 rings (SSSR count). The lowest BCUT2D eigenvalue weighted by molar-refractivity contribution is -0.142. The minimum absolute atomic E-state index is 0.173. The van der Waals surface area contributed by atoms with Gasteiger partial charge in [-0.1, -0.05) is 12.1 Å². The Kier molecular flexibility index (Phi) is 2.93. The van der Waals surface area contributed by atoms with Gasteiger partial charge < -0.3 is 14.7 Å². The third-order valence-corrected chi connectivity index (χ3v) is 4.09. The second kappa shape index (κ2) is 4.41. The van der Waals surface area contributed by atoms with Crippen molar-refractivity contribution in [3.63, 3.8) is 0 Å². The fourth-order valence-corrected chi connectivity index (χ4v) is 2.74. The molecule has 0 amide bonds. The Hall–Kier alpha value is -1.69. The number of hydrogen-bond acceptors (Lipinski definition) is 3. The van der Waals surface area contributed by atoms with Crippen LogP contribution in [0.4, 0.5) is 14.5 Å². The van der Waals surface area contributed by atoms with Crippen LogP contribution in [-0.2, 0) is 14.9 Å². The van der Waals surface area contributed by atoms with Crippen molar-refractivity contribution in [2.24, 2.45) is 0 Å². The Morgan fingerprint density at radius 1 is 1.20 bits per heavy atom. The number of halogens is 2. The first-order chi connectivity index (χ1) is 9.47. The van der Waals surface area contributed by atoms with Crippen LogP contribution in [0, 0.1) is 0 Å². The van der Waals surface area contributed by atoms with Gasteiger partial charge >= 0.3 is 5.97 Å². The minimum atomic E-state index is -3.15. The monoisotopic (exact) mass is 283 g/mol. The van der Waals surface area contributed by atoms with Crippen LogP contribution < -0.4 is 4.90 Å². The fourth-order valence-electron chi connectivity index (χ4n) is 2.74. The van der Waals surface area contributed by atoms with E-state index in [1.54, 1.807) is 12.1 Å². The molecular formula is C14H15F2NO3. The first-order valence-electron chi connectivity index (χ1n) is 6.52. The highest BCUT2D eigenvalue weighted by atomic mass is 19.3. The topological polar surface area (TPSA) is 49.8 Å². The second-order valence-electron chi connectivity index (χ2n) is 5.24. The van der Waals surface area contributed by atoms with E-state index in [0.29, 0.717) is 13.2 Å². The molecule has 0 bridgehead atoms. The molecule has 6 heteroatoms. The van der Waals surface area contributed by atoms with Gasteiger partial charge in [-0.2, -0.15) is 0 Å². The first-order valence-corrected chi connectivity index (χ1v) is 6.52. The molecule has 1 saturated heterocycles. The lowest BCUT2D eigenvalue weighted by Crippen LogP contribution is -2.36. The van der Waals surface area contributed by atoms with Crippen molar-refractivity contribution in [3.05, 3.63) is 29.8 Å². The van der Waals surface area contributed by atoms with Crippen molar-refractivity contribution in [1.29, 1.82) is 0 Å². The lowest BCUT2D eigenvalue weighted by atomic mass is 9.95. The molecule has 0 spiro atoms. The molecule has 1 atom stereocenters. The van der Waals surface area contributed by atoms with E-state index in [4.69, 9.17) is 9.84 Å². The highest BCUT2D eigenvalue weighted by molar-refractivity contribution is 5.87. The molecule has 1 saturated carbocycles. The van der Waals surface area contributed by atoms with Crippen molar-refractivity contribution in [2.45, 2.75) is 17.8 Å². The summed E-state index contributed by atoms with van der Waals surface area (Å²) in [5.41, 5.74) is -0.954. The zero-order chi connectivity index (χ0) is 14.4. The summed E-state index contributed by atoms with van der Waals surface area (Å²) in [6.45, 7) is 2.77. The minimum Gasteiger partial charge on any atom is -0.480 e. The van der Waals surface area contributed by atoms with Crippen LogP contribution in [0.3, 0.4) is 0 Å². The molecule has 1 aromatic rings. The number of ether oxygens (including phenoxy) is 1. The van der Waals surface area contributed by atoms with Gasteiger partial charge in [-0.15, -0.1) is 0 Å². The molecule has 1 N–H and O–H groups in total. The molecule has 2 aliphatic rings. The highest BCUT2D eigenvalue weighted by Crippen LogP contribution is 2.61. The molecule has 108 valence electrons. The average Bonchev–Trinajstić information content (AvgIpc) is 3.05. The van der Waals surface area contributed by atoms with Crippen LogP contribution in [0.25, 0.3) is 0 Å². The summed E-state index contributed by atoms with van der Waals surface area (Å²) in [5, 5.41) is 9.10. The second-order valence-corrected chi connectivity index (χ2v) is 5.24.